The van der Waals surface area contributed by atoms with Gasteiger partial charge in [0.1, 0.15) is 5.82 Å². The summed E-state index contributed by atoms with van der Waals surface area (Å²) in [5, 5.41) is 4.44. The molecular weight excluding hydrogens is 188 g/mol. The van der Waals surface area contributed by atoms with Gasteiger partial charge in [-0.25, -0.2) is 9.67 Å². The number of hydrogen-bond acceptors (Lipinski definition) is 2. The Morgan fingerprint density at radius 1 is 1.27 bits per heavy atom. The molecule has 0 N–H and O–H groups in total. The van der Waals surface area contributed by atoms with Crippen molar-refractivity contribution in [3.63, 3.8) is 0 Å². The molecule has 0 saturated carbocycles. The summed E-state index contributed by atoms with van der Waals surface area (Å²) < 4.78 is 4.02. The Morgan fingerprint density at radius 2 is 2.07 bits per heavy atom. The highest BCUT2D eigenvalue weighted by Gasteiger charge is 2.11. The minimum Gasteiger partial charge on any atom is -0.263 e. The third kappa shape index (κ3) is 1.02. The van der Waals surface area contributed by atoms with Crippen molar-refractivity contribution in [1.29, 1.82) is 0 Å². The van der Waals surface area contributed by atoms with E-state index in [0.717, 1.165) is 29.2 Å². The fraction of sp³-hybridized carbons (Fsp3) is 0.273. The molecular formula is C11H12N4. The molecule has 0 saturated heterocycles. The first-order valence-electron chi connectivity index (χ1n) is 5.12. The molecule has 0 aliphatic carbocycles. The zero-order valence-corrected chi connectivity index (χ0v) is 8.81. The Labute approximate surface area is 87.2 Å². The summed E-state index contributed by atoms with van der Waals surface area (Å²) in [6, 6.07) is 8.14. The summed E-state index contributed by atoms with van der Waals surface area (Å²) in [5.74, 6) is 1.91. The zero-order chi connectivity index (χ0) is 10.4. The second-order valence-electron chi connectivity index (χ2n) is 3.60. The molecule has 1 aromatic carbocycles. The van der Waals surface area contributed by atoms with Gasteiger partial charge >= 0.3 is 0 Å². The van der Waals surface area contributed by atoms with E-state index in [1.807, 2.05) is 29.8 Å². The van der Waals surface area contributed by atoms with E-state index in [1.165, 1.54) is 0 Å². The van der Waals surface area contributed by atoms with Crippen LogP contribution in [0.5, 0.6) is 0 Å². The van der Waals surface area contributed by atoms with Crippen LogP contribution in [-0.2, 0) is 6.54 Å². The zero-order valence-electron chi connectivity index (χ0n) is 8.81. The highest BCUT2D eigenvalue weighted by atomic mass is 15.4. The minimum absolute atomic E-state index is 0.848. The van der Waals surface area contributed by atoms with E-state index in [2.05, 4.69) is 27.5 Å². The normalized spacial score (nSPS) is 11.6. The Hall–Kier alpha value is -1.84. The van der Waals surface area contributed by atoms with E-state index in [1.54, 1.807) is 0 Å². The van der Waals surface area contributed by atoms with Crippen LogP contribution in [0, 0.1) is 6.92 Å². The van der Waals surface area contributed by atoms with Crippen LogP contribution in [0.3, 0.4) is 0 Å². The minimum atomic E-state index is 0.848. The average molecular weight is 200 g/mol. The van der Waals surface area contributed by atoms with Crippen molar-refractivity contribution in [2.24, 2.45) is 0 Å². The van der Waals surface area contributed by atoms with Gasteiger partial charge in [0, 0.05) is 6.54 Å². The lowest BCUT2D eigenvalue weighted by Gasteiger charge is -1.90. The van der Waals surface area contributed by atoms with Crippen LogP contribution in [0.2, 0.25) is 0 Å². The van der Waals surface area contributed by atoms with Crippen LogP contribution >= 0.6 is 0 Å². The number of fused-ring (bicyclic) bond motifs is 3. The van der Waals surface area contributed by atoms with Crippen molar-refractivity contribution in [3.8, 4) is 0 Å². The summed E-state index contributed by atoms with van der Waals surface area (Å²) in [6.07, 6.45) is 0. The van der Waals surface area contributed by atoms with E-state index in [4.69, 9.17) is 0 Å². The first kappa shape index (κ1) is 8.47. The number of para-hydroxylation sites is 2. The van der Waals surface area contributed by atoms with Crippen LogP contribution in [0.15, 0.2) is 24.3 Å². The van der Waals surface area contributed by atoms with Gasteiger partial charge in [-0.3, -0.25) is 4.40 Å². The highest BCUT2D eigenvalue weighted by Crippen LogP contribution is 2.17. The maximum absolute atomic E-state index is 4.57. The van der Waals surface area contributed by atoms with Gasteiger partial charge in [-0.1, -0.05) is 12.1 Å². The van der Waals surface area contributed by atoms with E-state index < -0.39 is 0 Å². The molecule has 3 aromatic rings. The third-order valence-electron chi connectivity index (χ3n) is 2.66. The predicted molar refractivity (Wildman–Crippen MR) is 58.9 cm³/mol. The lowest BCUT2D eigenvalue weighted by molar-refractivity contribution is 0.670. The van der Waals surface area contributed by atoms with Crippen molar-refractivity contribution in [2.45, 2.75) is 20.4 Å². The van der Waals surface area contributed by atoms with Gasteiger partial charge in [0.15, 0.2) is 0 Å². The van der Waals surface area contributed by atoms with E-state index in [0.29, 0.717) is 0 Å². The van der Waals surface area contributed by atoms with Crippen LogP contribution in [0.4, 0.5) is 0 Å². The molecule has 3 rings (SSSR count). The fourth-order valence-corrected chi connectivity index (χ4v) is 1.98. The number of aromatic nitrogens is 4. The number of hydrogen-bond donors (Lipinski definition) is 0. The van der Waals surface area contributed by atoms with Crippen molar-refractivity contribution < 1.29 is 0 Å². The molecule has 0 unspecified atom stereocenters. The number of aryl methyl sites for hydroxylation is 2. The molecule has 76 valence electrons. The number of nitrogens with zero attached hydrogens (tertiary/aromatic N) is 4. The summed E-state index contributed by atoms with van der Waals surface area (Å²) in [6.45, 7) is 4.93. The molecule has 0 amide bonds. The molecule has 0 atom stereocenters. The summed E-state index contributed by atoms with van der Waals surface area (Å²) >= 11 is 0. The van der Waals surface area contributed by atoms with Gasteiger partial charge < -0.3 is 0 Å². The topological polar surface area (TPSA) is 35.1 Å². The van der Waals surface area contributed by atoms with Gasteiger partial charge in [-0.2, -0.15) is 5.10 Å². The monoisotopic (exact) mass is 200 g/mol. The fourth-order valence-electron chi connectivity index (χ4n) is 1.98. The van der Waals surface area contributed by atoms with Gasteiger partial charge in [-0.05, 0) is 26.0 Å². The van der Waals surface area contributed by atoms with Gasteiger partial charge in [0.25, 0.3) is 0 Å². The van der Waals surface area contributed by atoms with Gasteiger partial charge in [0.2, 0.25) is 5.78 Å². The van der Waals surface area contributed by atoms with Crippen molar-refractivity contribution in [2.75, 3.05) is 0 Å². The second-order valence-corrected chi connectivity index (χ2v) is 3.60. The third-order valence-corrected chi connectivity index (χ3v) is 2.66. The maximum Gasteiger partial charge on any atom is 0.233 e. The Morgan fingerprint density at radius 3 is 2.87 bits per heavy atom. The lowest BCUT2D eigenvalue weighted by Crippen LogP contribution is -1.96. The van der Waals surface area contributed by atoms with Crippen molar-refractivity contribution in [3.05, 3.63) is 30.1 Å². The Bertz CT molecular complexity index is 632. The number of benzene rings is 1. The summed E-state index contributed by atoms with van der Waals surface area (Å²) in [4.78, 5) is 4.57. The molecule has 0 bridgehead atoms. The van der Waals surface area contributed by atoms with Crippen LogP contribution in [-0.4, -0.2) is 19.2 Å². The first-order valence-corrected chi connectivity index (χ1v) is 5.12. The van der Waals surface area contributed by atoms with E-state index >= 15 is 0 Å². The largest absolute Gasteiger partial charge is 0.263 e. The second kappa shape index (κ2) is 2.82. The summed E-state index contributed by atoms with van der Waals surface area (Å²) in [7, 11) is 0. The van der Waals surface area contributed by atoms with E-state index in [-0.39, 0.29) is 0 Å². The Balaban J connectivity index is 2.55. The van der Waals surface area contributed by atoms with Gasteiger partial charge in [0.05, 0.1) is 11.0 Å². The molecule has 0 radical (unpaired) electrons. The molecule has 2 heterocycles. The molecule has 15 heavy (non-hydrogen) atoms. The average Bonchev–Trinajstić information content (AvgIpc) is 2.76. The molecule has 2 aromatic heterocycles. The molecule has 0 aliphatic rings. The molecule has 0 aliphatic heterocycles. The Kier molecular flexibility index (Phi) is 1.59. The molecule has 4 nitrogen and oxygen atoms in total. The van der Waals surface area contributed by atoms with Gasteiger partial charge in [-0.15, -0.1) is 0 Å². The smallest absolute Gasteiger partial charge is 0.233 e. The molecule has 0 fully saturated rings. The van der Waals surface area contributed by atoms with Crippen LogP contribution in [0.1, 0.15) is 12.7 Å². The van der Waals surface area contributed by atoms with Crippen molar-refractivity contribution >= 4 is 16.8 Å². The van der Waals surface area contributed by atoms with Crippen LogP contribution in [0.25, 0.3) is 16.8 Å². The number of imidazole rings is 1. The predicted octanol–water partition coefficient (Wildman–Crippen LogP) is 2.01. The lowest BCUT2D eigenvalue weighted by atomic mass is 10.3. The van der Waals surface area contributed by atoms with Crippen LogP contribution < -0.4 is 0 Å². The van der Waals surface area contributed by atoms with Crippen molar-refractivity contribution in [1.82, 2.24) is 19.2 Å². The quantitative estimate of drug-likeness (QED) is 0.602. The molecule has 4 heteroatoms. The maximum atomic E-state index is 4.57. The molecule has 0 spiro atoms. The van der Waals surface area contributed by atoms with E-state index in [9.17, 15) is 0 Å². The standard InChI is InChI=1S/C11H12N4/c1-3-14-11-12-9-6-4-5-7-10(9)15(11)8(2)13-14/h4-7H,3H2,1-2H3. The highest BCUT2D eigenvalue weighted by molar-refractivity contribution is 5.79. The SMILES string of the molecule is CCn1nc(C)n2c3ccccc3nc12. The first-order chi connectivity index (χ1) is 7.31. The summed E-state index contributed by atoms with van der Waals surface area (Å²) in [5.41, 5.74) is 2.16. The number of rotatable bonds is 1.